The van der Waals surface area contributed by atoms with Gasteiger partial charge >= 0.3 is 0 Å². The molecule has 0 N–H and O–H groups in total. The second kappa shape index (κ2) is 10.4. The fourth-order valence-electron chi connectivity index (χ4n) is 6.03. The topological polar surface area (TPSA) is 52.6 Å². The maximum atomic E-state index is 14.0. The Morgan fingerprint density at radius 2 is 1.88 bits per heavy atom. The van der Waals surface area contributed by atoms with E-state index < -0.39 is 0 Å². The van der Waals surface area contributed by atoms with E-state index in [1.165, 1.54) is 11.3 Å². The minimum Gasteiger partial charge on any atom is -0.353 e. The molecule has 0 unspecified atom stereocenters. The van der Waals surface area contributed by atoms with Gasteiger partial charge in [0.2, 0.25) is 5.91 Å². The Morgan fingerprint density at radius 3 is 2.62 bits per heavy atom. The summed E-state index contributed by atoms with van der Waals surface area (Å²) < 4.78 is 14.4. The molecule has 5 rings (SSSR count). The van der Waals surface area contributed by atoms with E-state index in [2.05, 4.69) is 73.5 Å². The Balaban J connectivity index is 1.34. The van der Waals surface area contributed by atoms with Crippen LogP contribution < -0.4 is 4.90 Å². The van der Waals surface area contributed by atoms with Crippen LogP contribution in [0.4, 0.5) is 10.2 Å². The number of carbonyl (C=O) groups excluding carboxylic acids is 1. The van der Waals surface area contributed by atoms with Crippen molar-refractivity contribution in [3.8, 4) is 0 Å². The summed E-state index contributed by atoms with van der Waals surface area (Å²) in [5.41, 5.74) is 3.53. The maximum absolute atomic E-state index is 14.0. The Kier molecular flexibility index (Phi) is 7.34. The van der Waals surface area contributed by atoms with E-state index in [9.17, 15) is 9.18 Å². The molecule has 34 heavy (non-hydrogen) atoms. The van der Waals surface area contributed by atoms with Crippen LogP contribution in [0.1, 0.15) is 54.8 Å². The molecule has 3 atom stereocenters. The molecular formula is C26H33FIN5O. The number of rotatable bonds is 6. The van der Waals surface area contributed by atoms with Crippen molar-refractivity contribution in [1.82, 2.24) is 19.8 Å². The van der Waals surface area contributed by atoms with Gasteiger partial charge in [0.05, 0.1) is 5.92 Å². The number of aromatic nitrogens is 2. The van der Waals surface area contributed by atoms with Crippen molar-refractivity contribution in [3.05, 3.63) is 51.0 Å². The number of carbonyl (C=O) groups is 1. The summed E-state index contributed by atoms with van der Waals surface area (Å²) in [6, 6.07) is 8.36. The van der Waals surface area contributed by atoms with E-state index in [0.717, 1.165) is 60.3 Å². The van der Waals surface area contributed by atoms with E-state index in [1.807, 2.05) is 4.90 Å². The van der Waals surface area contributed by atoms with Gasteiger partial charge in [-0.1, -0.05) is 19.1 Å². The third kappa shape index (κ3) is 4.67. The Labute approximate surface area is 215 Å². The molecule has 2 saturated heterocycles. The van der Waals surface area contributed by atoms with Crippen LogP contribution in [0, 0.1) is 3.57 Å². The van der Waals surface area contributed by atoms with Crippen molar-refractivity contribution in [1.29, 1.82) is 0 Å². The number of hydrogen-bond acceptors (Lipinski definition) is 5. The van der Waals surface area contributed by atoms with Crippen LogP contribution in [0.2, 0.25) is 0 Å². The average molecular weight is 577 g/mol. The molecule has 182 valence electrons. The van der Waals surface area contributed by atoms with Gasteiger partial charge in [-0.3, -0.25) is 9.69 Å². The molecule has 2 aromatic rings. The van der Waals surface area contributed by atoms with E-state index in [-0.39, 0.29) is 24.5 Å². The van der Waals surface area contributed by atoms with Crippen LogP contribution in [0.25, 0.3) is 0 Å². The van der Waals surface area contributed by atoms with Gasteiger partial charge in [-0.05, 0) is 78.4 Å². The lowest BCUT2D eigenvalue weighted by molar-refractivity contribution is -0.134. The normalized spacial score (nSPS) is 23.9. The van der Waals surface area contributed by atoms with Crippen molar-refractivity contribution in [2.75, 3.05) is 50.8 Å². The molecule has 6 nitrogen and oxygen atoms in total. The molecule has 2 fully saturated rings. The summed E-state index contributed by atoms with van der Waals surface area (Å²) >= 11 is 2.30. The van der Waals surface area contributed by atoms with Gasteiger partial charge in [0, 0.05) is 53.6 Å². The number of likely N-dealkylation sites (tertiary alicyclic amines) is 1. The standard InChI is InChI=1S/C26H33FIN5O/c1-18-4-9-21-23(18)25(30-17-29-21)32-13-15-33(16-14-32)26(34)24(19-5-7-20(28)8-6-19)22-3-2-11-31(22)12-10-27/h5-8,17-18,22,24H,2-4,9-16H2,1H3/t18-,22+,24+/m1/s1. The summed E-state index contributed by atoms with van der Waals surface area (Å²) in [4.78, 5) is 29.6. The maximum Gasteiger partial charge on any atom is 0.231 e. The predicted octanol–water partition coefficient (Wildman–Crippen LogP) is 4.00. The van der Waals surface area contributed by atoms with Gasteiger partial charge in [0.15, 0.2) is 0 Å². The summed E-state index contributed by atoms with van der Waals surface area (Å²) in [7, 11) is 0. The van der Waals surface area contributed by atoms with Gasteiger partial charge < -0.3 is 9.80 Å². The smallest absolute Gasteiger partial charge is 0.231 e. The number of fused-ring (bicyclic) bond motifs is 1. The molecule has 3 aliphatic rings. The number of piperazine rings is 1. The molecule has 0 bridgehead atoms. The van der Waals surface area contributed by atoms with Crippen LogP contribution in [-0.4, -0.2) is 77.7 Å². The summed E-state index contributed by atoms with van der Waals surface area (Å²) in [5, 5.41) is 0. The number of halogens is 2. The fraction of sp³-hybridized carbons (Fsp3) is 0.577. The zero-order valence-corrected chi connectivity index (χ0v) is 22.0. The summed E-state index contributed by atoms with van der Waals surface area (Å²) in [6.45, 7) is 6.09. The van der Waals surface area contributed by atoms with E-state index >= 15 is 0 Å². The Morgan fingerprint density at radius 1 is 1.12 bits per heavy atom. The van der Waals surface area contributed by atoms with Crippen LogP contribution in [-0.2, 0) is 11.2 Å². The highest BCUT2D eigenvalue weighted by atomic mass is 127. The quantitative estimate of drug-likeness (QED) is 0.487. The Hall–Kier alpha value is -1.81. The first kappa shape index (κ1) is 23.9. The van der Waals surface area contributed by atoms with Crippen LogP contribution in [0.5, 0.6) is 0 Å². The van der Waals surface area contributed by atoms with Crippen molar-refractivity contribution in [2.24, 2.45) is 0 Å². The van der Waals surface area contributed by atoms with Crippen molar-refractivity contribution < 1.29 is 9.18 Å². The molecule has 2 aliphatic heterocycles. The molecule has 0 spiro atoms. The third-order valence-corrected chi connectivity index (χ3v) is 8.53. The largest absolute Gasteiger partial charge is 0.353 e. The zero-order chi connectivity index (χ0) is 23.7. The molecule has 3 heterocycles. The van der Waals surface area contributed by atoms with Crippen LogP contribution in [0.15, 0.2) is 30.6 Å². The second-order valence-electron chi connectivity index (χ2n) is 9.77. The molecule has 1 aromatic heterocycles. The van der Waals surface area contributed by atoms with Gasteiger partial charge in [-0.15, -0.1) is 0 Å². The molecule has 0 saturated carbocycles. The van der Waals surface area contributed by atoms with E-state index in [4.69, 9.17) is 0 Å². The zero-order valence-electron chi connectivity index (χ0n) is 19.8. The van der Waals surface area contributed by atoms with Crippen molar-refractivity contribution in [2.45, 2.75) is 50.5 Å². The molecule has 0 radical (unpaired) electrons. The fourth-order valence-corrected chi connectivity index (χ4v) is 6.38. The second-order valence-corrected chi connectivity index (χ2v) is 11.0. The minimum absolute atomic E-state index is 0.0623. The van der Waals surface area contributed by atoms with E-state index in [0.29, 0.717) is 25.6 Å². The summed E-state index contributed by atoms with van der Waals surface area (Å²) in [6.07, 6.45) is 5.81. The SMILES string of the molecule is C[C@@H]1CCc2ncnc(N3CCN(C(=O)[C@@H](c4ccc(I)cc4)[C@@H]4CCCN4CCF)CC3)c21. The monoisotopic (exact) mass is 577 g/mol. The third-order valence-electron chi connectivity index (χ3n) is 7.81. The minimum atomic E-state index is -0.371. The molecule has 1 aromatic carbocycles. The number of amides is 1. The molecule has 8 heteroatoms. The molecule has 1 aliphatic carbocycles. The van der Waals surface area contributed by atoms with Gasteiger partial charge in [0.25, 0.3) is 0 Å². The first-order valence-corrected chi connectivity index (χ1v) is 13.6. The average Bonchev–Trinajstić information content (AvgIpc) is 3.47. The number of hydrogen-bond donors (Lipinski definition) is 0. The van der Waals surface area contributed by atoms with E-state index in [1.54, 1.807) is 6.33 Å². The Bertz CT molecular complexity index is 1010. The summed E-state index contributed by atoms with van der Waals surface area (Å²) in [5.74, 6) is 1.47. The highest BCUT2D eigenvalue weighted by Crippen LogP contribution is 2.38. The lowest BCUT2D eigenvalue weighted by Crippen LogP contribution is -2.52. The highest BCUT2D eigenvalue weighted by molar-refractivity contribution is 14.1. The van der Waals surface area contributed by atoms with Crippen molar-refractivity contribution in [3.63, 3.8) is 0 Å². The van der Waals surface area contributed by atoms with Gasteiger partial charge in [0.1, 0.15) is 18.8 Å². The predicted molar refractivity (Wildman–Crippen MR) is 140 cm³/mol. The number of aryl methyl sites for hydroxylation is 1. The highest BCUT2D eigenvalue weighted by Gasteiger charge is 2.40. The van der Waals surface area contributed by atoms with Crippen molar-refractivity contribution >= 4 is 34.3 Å². The number of anilines is 1. The van der Waals surface area contributed by atoms with Gasteiger partial charge in [-0.2, -0.15) is 0 Å². The molecular weight excluding hydrogens is 544 g/mol. The molecule has 1 amide bonds. The number of alkyl halides is 1. The number of nitrogens with zero attached hydrogens (tertiary/aromatic N) is 5. The lowest BCUT2D eigenvalue weighted by Gasteiger charge is -2.40. The van der Waals surface area contributed by atoms with Crippen LogP contribution >= 0.6 is 22.6 Å². The van der Waals surface area contributed by atoms with Crippen LogP contribution in [0.3, 0.4) is 0 Å². The number of benzene rings is 1. The lowest BCUT2D eigenvalue weighted by atomic mass is 9.88. The van der Waals surface area contributed by atoms with Gasteiger partial charge in [-0.25, -0.2) is 14.4 Å². The first-order valence-electron chi connectivity index (χ1n) is 12.5. The first-order chi connectivity index (χ1) is 16.6.